The molecule has 1 amide bonds. The van der Waals surface area contributed by atoms with Crippen molar-refractivity contribution in [3.8, 4) is 0 Å². The molecule has 29 heavy (non-hydrogen) atoms. The van der Waals surface area contributed by atoms with Crippen LogP contribution in [0.15, 0.2) is 54.9 Å². The van der Waals surface area contributed by atoms with Crippen LogP contribution in [0.4, 0.5) is 17.2 Å². The molecule has 0 unspecified atom stereocenters. The number of esters is 1. The van der Waals surface area contributed by atoms with E-state index in [4.69, 9.17) is 4.74 Å². The van der Waals surface area contributed by atoms with Crippen molar-refractivity contribution >= 4 is 29.1 Å². The van der Waals surface area contributed by atoms with Gasteiger partial charge in [0.25, 0.3) is 5.91 Å². The van der Waals surface area contributed by atoms with Crippen LogP contribution in [0.5, 0.6) is 0 Å². The van der Waals surface area contributed by atoms with Gasteiger partial charge in [-0.1, -0.05) is 30.3 Å². The zero-order valence-corrected chi connectivity index (χ0v) is 16.5. The summed E-state index contributed by atoms with van der Waals surface area (Å²) in [5, 5.41) is 5.92. The minimum atomic E-state index is -0.498. The number of nitrogens with one attached hydrogen (secondary N) is 2. The maximum Gasteiger partial charge on any atom is 0.340 e. The lowest BCUT2D eigenvalue weighted by Gasteiger charge is -2.12. The van der Waals surface area contributed by atoms with Gasteiger partial charge < -0.3 is 15.4 Å². The standard InChI is InChI=1S/C22H22N4O3/c1-4-29-22(28)16-10-5-6-11-17(16)25-21(27)18-12-24-19(13-23-18)26-20-14(2)8-7-9-15(20)3/h5-13H,4H2,1-3H3,(H,24,26)(H,25,27). The predicted octanol–water partition coefficient (Wildman–Crippen LogP) is 4.27. The van der Waals surface area contributed by atoms with Gasteiger partial charge >= 0.3 is 5.97 Å². The van der Waals surface area contributed by atoms with Crippen LogP contribution in [0.25, 0.3) is 0 Å². The molecule has 7 heteroatoms. The summed E-state index contributed by atoms with van der Waals surface area (Å²) in [6, 6.07) is 12.7. The van der Waals surface area contributed by atoms with E-state index in [0.29, 0.717) is 11.5 Å². The normalized spacial score (nSPS) is 10.3. The summed E-state index contributed by atoms with van der Waals surface area (Å²) in [4.78, 5) is 33.1. The third-order valence-electron chi connectivity index (χ3n) is 4.29. The summed E-state index contributed by atoms with van der Waals surface area (Å²) in [5.41, 5.74) is 3.91. The number of carbonyl (C=O) groups excluding carboxylic acids is 2. The van der Waals surface area contributed by atoms with Gasteiger partial charge in [0.2, 0.25) is 0 Å². The zero-order valence-electron chi connectivity index (χ0n) is 16.5. The molecule has 3 aromatic rings. The Morgan fingerprint density at radius 1 is 0.966 bits per heavy atom. The molecule has 0 aliphatic carbocycles. The van der Waals surface area contributed by atoms with Crippen molar-refractivity contribution in [1.29, 1.82) is 0 Å². The minimum absolute atomic E-state index is 0.135. The van der Waals surface area contributed by atoms with E-state index in [0.717, 1.165) is 16.8 Å². The van der Waals surface area contributed by atoms with Crippen LogP contribution < -0.4 is 10.6 Å². The second-order valence-electron chi connectivity index (χ2n) is 6.40. The molecule has 148 valence electrons. The van der Waals surface area contributed by atoms with Crippen molar-refractivity contribution in [2.24, 2.45) is 0 Å². The average molecular weight is 390 g/mol. The summed E-state index contributed by atoms with van der Waals surface area (Å²) in [6.45, 7) is 5.99. The number of carbonyl (C=O) groups is 2. The molecule has 0 aliphatic rings. The third-order valence-corrected chi connectivity index (χ3v) is 4.29. The van der Waals surface area contributed by atoms with Crippen LogP contribution >= 0.6 is 0 Å². The van der Waals surface area contributed by atoms with E-state index < -0.39 is 11.9 Å². The molecule has 0 aliphatic heterocycles. The Morgan fingerprint density at radius 2 is 1.69 bits per heavy atom. The van der Waals surface area contributed by atoms with Crippen LogP contribution in [0.1, 0.15) is 38.9 Å². The topological polar surface area (TPSA) is 93.2 Å². The molecule has 1 heterocycles. The lowest BCUT2D eigenvalue weighted by molar-refractivity contribution is 0.0527. The van der Waals surface area contributed by atoms with Gasteiger partial charge in [-0.3, -0.25) is 4.79 Å². The summed E-state index contributed by atoms with van der Waals surface area (Å²) in [5.74, 6) is -0.429. The van der Waals surface area contributed by atoms with E-state index in [1.54, 1.807) is 31.2 Å². The first-order chi connectivity index (χ1) is 14.0. The second kappa shape index (κ2) is 8.97. The number of ether oxygens (including phenoxy) is 1. The van der Waals surface area contributed by atoms with Crippen molar-refractivity contribution in [3.63, 3.8) is 0 Å². The lowest BCUT2D eigenvalue weighted by Crippen LogP contribution is -2.17. The highest BCUT2D eigenvalue weighted by Gasteiger charge is 2.16. The van der Waals surface area contributed by atoms with Gasteiger partial charge in [0, 0.05) is 5.69 Å². The fourth-order valence-corrected chi connectivity index (χ4v) is 2.81. The Kier molecular flexibility index (Phi) is 6.19. The van der Waals surface area contributed by atoms with Crippen LogP contribution in [0.2, 0.25) is 0 Å². The number of nitrogens with zero attached hydrogens (tertiary/aromatic N) is 2. The molecule has 0 spiro atoms. The Morgan fingerprint density at radius 3 is 2.34 bits per heavy atom. The number of amides is 1. The molecule has 1 aromatic heterocycles. The first-order valence-corrected chi connectivity index (χ1v) is 9.22. The molecule has 2 aromatic carbocycles. The monoisotopic (exact) mass is 390 g/mol. The van der Waals surface area contributed by atoms with Crippen molar-refractivity contribution in [3.05, 3.63) is 77.2 Å². The number of hydrogen-bond donors (Lipinski definition) is 2. The quantitative estimate of drug-likeness (QED) is 0.611. The van der Waals surface area contributed by atoms with E-state index in [2.05, 4.69) is 20.6 Å². The fourth-order valence-electron chi connectivity index (χ4n) is 2.81. The van der Waals surface area contributed by atoms with Gasteiger partial charge in [0.05, 0.1) is 30.3 Å². The minimum Gasteiger partial charge on any atom is -0.462 e. The van der Waals surface area contributed by atoms with E-state index in [1.165, 1.54) is 12.4 Å². The molecule has 0 saturated carbocycles. The van der Waals surface area contributed by atoms with E-state index in [1.807, 2.05) is 32.0 Å². The Balaban J connectivity index is 1.74. The van der Waals surface area contributed by atoms with Gasteiger partial charge in [-0.05, 0) is 44.0 Å². The highest BCUT2D eigenvalue weighted by molar-refractivity contribution is 6.07. The summed E-state index contributed by atoms with van der Waals surface area (Å²) >= 11 is 0. The molecular weight excluding hydrogens is 368 g/mol. The molecule has 2 N–H and O–H groups in total. The van der Waals surface area contributed by atoms with E-state index in [9.17, 15) is 9.59 Å². The van der Waals surface area contributed by atoms with Crippen molar-refractivity contribution < 1.29 is 14.3 Å². The van der Waals surface area contributed by atoms with Crippen molar-refractivity contribution in [2.45, 2.75) is 20.8 Å². The van der Waals surface area contributed by atoms with Gasteiger partial charge in [0.15, 0.2) is 0 Å². The SMILES string of the molecule is CCOC(=O)c1ccccc1NC(=O)c1cnc(Nc2c(C)cccc2C)cn1. The Labute approximate surface area is 169 Å². The van der Waals surface area contributed by atoms with Crippen LogP contribution in [-0.2, 0) is 4.74 Å². The fraction of sp³-hybridized carbons (Fsp3) is 0.182. The first kappa shape index (κ1) is 20.0. The largest absolute Gasteiger partial charge is 0.462 e. The molecule has 3 rings (SSSR count). The van der Waals surface area contributed by atoms with E-state index in [-0.39, 0.29) is 17.9 Å². The molecule has 7 nitrogen and oxygen atoms in total. The second-order valence-corrected chi connectivity index (χ2v) is 6.40. The van der Waals surface area contributed by atoms with Gasteiger partial charge in [0.1, 0.15) is 11.5 Å². The smallest absolute Gasteiger partial charge is 0.340 e. The molecule has 0 atom stereocenters. The zero-order chi connectivity index (χ0) is 20.8. The summed E-state index contributed by atoms with van der Waals surface area (Å²) in [7, 11) is 0. The van der Waals surface area contributed by atoms with Gasteiger partial charge in [-0.2, -0.15) is 0 Å². The number of para-hydroxylation sites is 2. The van der Waals surface area contributed by atoms with Gasteiger partial charge in [-0.25, -0.2) is 14.8 Å². The number of hydrogen-bond acceptors (Lipinski definition) is 6. The molecule has 0 bridgehead atoms. The molecule has 0 saturated heterocycles. The molecule has 0 radical (unpaired) electrons. The lowest BCUT2D eigenvalue weighted by atomic mass is 10.1. The molecular formula is C22H22N4O3. The maximum atomic E-state index is 12.5. The van der Waals surface area contributed by atoms with Crippen LogP contribution in [0, 0.1) is 13.8 Å². The average Bonchev–Trinajstić information content (AvgIpc) is 2.72. The Bertz CT molecular complexity index is 1010. The summed E-state index contributed by atoms with van der Waals surface area (Å²) in [6.07, 6.45) is 2.89. The summed E-state index contributed by atoms with van der Waals surface area (Å²) < 4.78 is 5.02. The number of aromatic nitrogens is 2. The third kappa shape index (κ3) is 4.76. The van der Waals surface area contributed by atoms with Crippen molar-refractivity contribution in [1.82, 2.24) is 9.97 Å². The van der Waals surface area contributed by atoms with Gasteiger partial charge in [-0.15, -0.1) is 0 Å². The number of rotatable bonds is 6. The Hall–Kier alpha value is -3.74. The van der Waals surface area contributed by atoms with Crippen LogP contribution in [0.3, 0.4) is 0 Å². The molecule has 0 fully saturated rings. The first-order valence-electron chi connectivity index (χ1n) is 9.22. The highest BCUT2D eigenvalue weighted by atomic mass is 16.5. The number of anilines is 3. The van der Waals surface area contributed by atoms with Crippen molar-refractivity contribution in [2.75, 3.05) is 17.2 Å². The predicted molar refractivity (Wildman–Crippen MR) is 112 cm³/mol. The number of benzene rings is 2. The van der Waals surface area contributed by atoms with E-state index >= 15 is 0 Å². The number of aryl methyl sites for hydroxylation is 2. The maximum absolute atomic E-state index is 12.5. The van der Waals surface area contributed by atoms with Crippen LogP contribution in [-0.4, -0.2) is 28.5 Å². The highest BCUT2D eigenvalue weighted by Crippen LogP contribution is 2.23.